The average Bonchev–Trinajstić information content (AvgIpc) is 2.77. The van der Waals surface area contributed by atoms with E-state index in [1.165, 1.54) is 88.2 Å². The molecule has 1 heteroatoms. The molecule has 2 fully saturated rings. The SMILES string of the molecule is CCCCc1ccc(C2(C#N)CCC(C3CCC(CCCC)CC3)CC2)cc1. The first-order chi connectivity index (χ1) is 13.7. The molecule has 1 aromatic rings. The highest BCUT2D eigenvalue weighted by molar-refractivity contribution is 5.35. The summed E-state index contributed by atoms with van der Waals surface area (Å²) < 4.78 is 0. The Balaban J connectivity index is 1.53. The second-order valence-electron chi connectivity index (χ2n) is 9.75. The van der Waals surface area contributed by atoms with E-state index in [2.05, 4.69) is 44.2 Å². The van der Waals surface area contributed by atoms with Gasteiger partial charge in [0, 0.05) is 0 Å². The lowest BCUT2D eigenvalue weighted by Gasteiger charge is -2.41. The van der Waals surface area contributed by atoms with E-state index in [0.717, 1.165) is 30.6 Å². The topological polar surface area (TPSA) is 23.8 Å². The second-order valence-corrected chi connectivity index (χ2v) is 9.75. The van der Waals surface area contributed by atoms with E-state index >= 15 is 0 Å². The Kier molecular flexibility index (Phi) is 8.01. The molecule has 1 nitrogen and oxygen atoms in total. The standard InChI is InChI=1S/C27H41N/c1-3-5-7-22-9-13-24(14-10-22)25-17-19-27(21-28,20-18-25)26-15-11-23(12-16-26)8-6-4-2/h11-12,15-16,22,24-25H,3-10,13-14,17-20H2,1-2H3. The summed E-state index contributed by atoms with van der Waals surface area (Å²) in [7, 11) is 0. The molecule has 0 atom stereocenters. The quantitative estimate of drug-likeness (QED) is 0.449. The molecule has 2 saturated carbocycles. The highest BCUT2D eigenvalue weighted by atomic mass is 14.5. The maximum Gasteiger partial charge on any atom is 0.0822 e. The fourth-order valence-electron chi connectivity index (χ4n) is 5.88. The lowest BCUT2D eigenvalue weighted by atomic mass is 9.62. The van der Waals surface area contributed by atoms with Gasteiger partial charge in [0.25, 0.3) is 0 Å². The summed E-state index contributed by atoms with van der Waals surface area (Å²) in [5, 5.41) is 10.1. The number of hydrogen-bond acceptors (Lipinski definition) is 1. The van der Waals surface area contributed by atoms with Gasteiger partial charge in [-0.2, -0.15) is 5.26 Å². The van der Waals surface area contributed by atoms with E-state index in [4.69, 9.17) is 0 Å². The molecule has 0 unspecified atom stereocenters. The number of nitriles is 1. The summed E-state index contributed by atoms with van der Waals surface area (Å²) in [5.74, 6) is 2.81. The number of hydrogen-bond donors (Lipinski definition) is 0. The van der Waals surface area contributed by atoms with Crippen molar-refractivity contribution in [2.75, 3.05) is 0 Å². The van der Waals surface area contributed by atoms with Crippen molar-refractivity contribution in [3.63, 3.8) is 0 Å². The summed E-state index contributed by atoms with van der Waals surface area (Å²) in [4.78, 5) is 0. The zero-order chi connectivity index (χ0) is 19.8. The molecule has 0 N–H and O–H groups in total. The van der Waals surface area contributed by atoms with Gasteiger partial charge in [0.15, 0.2) is 0 Å². The Hall–Kier alpha value is -1.29. The van der Waals surface area contributed by atoms with Gasteiger partial charge in [0.1, 0.15) is 0 Å². The number of nitrogens with zero attached hydrogens (tertiary/aromatic N) is 1. The van der Waals surface area contributed by atoms with Crippen molar-refractivity contribution in [2.24, 2.45) is 17.8 Å². The van der Waals surface area contributed by atoms with Crippen LogP contribution in [0, 0.1) is 29.1 Å². The van der Waals surface area contributed by atoms with Crippen LogP contribution >= 0.6 is 0 Å². The van der Waals surface area contributed by atoms with E-state index in [-0.39, 0.29) is 5.41 Å². The van der Waals surface area contributed by atoms with Gasteiger partial charge in [-0.15, -0.1) is 0 Å². The van der Waals surface area contributed by atoms with Crippen LogP contribution in [0.2, 0.25) is 0 Å². The van der Waals surface area contributed by atoms with Gasteiger partial charge in [-0.25, -0.2) is 0 Å². The highest BCUT2D eigenvalue weighted by Crippen LogP contribution is 2.47. The molecule has 28 heavy (non-hydrogen) atoms. The van der Waals surface area contributed by atoms with Crippen molar-refractivity contribution in [1.29, 1.82) is 5.26 Å². The maximum absolute atomic E-state index is 10.1. The lowest BCUT2D eigenvalue weighted by molar-refractivity contribution is 0.144. The molecule has 154 valence electrons. The number of rotatable bonds is 8. The molecule has 0 radical (unpaired) electrons. The first-order valence-corrected chi connectivity index (χ1v) is 12.2. The Labute approximate surface area is 173 Å². The summed E-state index contributed by atoms with van der Waals surface area (Å²) in [6.45, 7) is 4.56. The average molecular weight is 380 g/mol. The van der Waals surface area contributed by atoms with Gasteiger partial charge < -0.3 is 0 Å². The fraction of sp³-hybridized carbons (Fsp3) is 0.741. The summed E-state index contributed by atoms with van der Waals surface area (Å²) in [5.41, 5.74) is 2.47. The van der Waals surface area contributed by atoms with E-state index in [1.807, 2.05) is 0 Å². The molecule has 2 aliphatic carbocycles. The third-order valence-electron chi connectivity index (χ3n) is 7.95. The molecule has 3 rings (SSSR count). The van der Waals surface area contributed by atoms with Crippen LogP contribution in [0.15, 0.2) is 24.3 Å². The van der Waals surface area contributed by atoms with Gasteiger partial charge in [-0.05, 0) is 80.2 Å². The van der Waals surface area contributed by atoms with Gasteiger partial charge >= 0.3 is 0 Å². The third kappa shape index (κ3) is 5.20. The van der Waals surface area contributed by atoms with Crippen LogP contribution in [-0.2, 0) is 11.8 Å². The maximum atomic E-state index is 10.1. The molecule has 1 aromatic carbocycles. The fourth-order valence-corrected chi connectivity index (χ4v) is 5.88. The van der Waals surface area contributed by atoms with Gasteiger partial charge in [-0.1, -0.05) is 76.6 Å². The van der Waals surface area contributed by atoms with Gasteiger partial charge in [-0.3, -0.25) is 0 Å². The van der Waals surface area contributed by atoms with Crippen molar-refractivity contribution in [2.45, 2.75) is 109 Å². The Bertz CT molecular complexity index is 607. The van der Waals surface area contributed by atoms with Crippen molar-refractivity contribution >= 4 is 0 Å². The van der Waals surface area contributed by atoms with Crippen LogP contribution in [0.5, 0.6) is 0 Å². The zero-order valence-corrected chi connectivity index (χ0v) is 18.4. The zero-order valence-electron chi connectivity index (χ0n) is 18.4. The van der Waals surface area contributed by atoms with E-state index in [1.54, 1.807) is 0 Å². The van der Waals surface area contributed by atoms with E-state index in [0.29, 0.717) is 0 Å². The van der Waals surface area contributed by atoms with Crippen LogP contribution in [0.3, 0.4) is 0 Å². The summed E-state index contributed by atoms with van der Waals surface area (Å²) >= 11 is 0. The molecule has 0 aromatic heterocycles. The predicted octanol–water partition coefficient (Wildman–Crippen LogP) is 7.98. The molecule has 0 aliphatic heterocycles. The molecule has 0 saturated heterocycles. The molecular formula is C27H41N. The molecule has 0 spiro atoms. The normalized spacial score (nSPS) is 30.7. The number of unbranched alkanes of at least 4 members (excludes halogenated alkanes) is 2. The predicted molar refractivity (Wildman–Crippen MR) is 119 cm³/mol. The Morgan fingerprint density at radius 2 is 1.46 bits per heavy atom. The Morgan fingerprint density at radius 1 is 0.857 bits per heavy atom. The number of benzene rings is 1. The van der Waals surface area contributed by atoms with Crippen LogP contribution in [-0.4, -0.2) is 0 Å². The second kappa shape index (κ2) is 10.5. The molecule has 0 bridgehead atoms. The van der Waals surface area contributed by atoms with Gasteiger partial charge in [0.05, 0.1) is 11.5 Å². The van der Waals surface area contributed by atoms with Gasteiger partial charge in [0.2, 0.25) is 0 Å². The van der Waals surface area contributed by atoms with Crippen molar-refractivity contribution in [1.82, 2.24) is 0 Å². The molecule has 2 aliphatic rings. The molecule has 0 amide bonds. The van der Waals surface area contributed by atoms with Crippen LogP contribution in [0.4, 0.5) is 0 Å². The van der Waals surface area contributed by atoms with Crippen LogP contribution < -0.4 is 0 Å². The molecular weight excluding hydrogens is 338 g/mol. The summed E-state index contributed by atoms with van der Waals surface area (Å²) in [6, 6.07) is 11.8. The van der Waals surface area contributed by atoms with Crippen LogP contribution in [0.1, 0.15) is 108 Å². The minimum atomic E-state index is -0.224. The lowest BCUT2D eigenvalue weighted by Crippen LogP contribution is -2.33. The first kappa shape index (κ1) is 21.4. The van der Waals surface area contributed by atoms with E-state index < -0.39 is 0 Å². The monoisotopic (exact) mass is 379 g/mol. The highest BCUT2D eigenvalue weighted by Gasteiger charge is 2.39. The minimum Gasteiger partial charge on any atom is -0.197 e. The third-order valence-corrected chi connectivity index (χ3v) is 7.95. The summed E-state index contributed by atoms with van der Waals surface area (Å²) in [6.07, 6.45) is 18.4. The largest absolute Gasteiger partial charge is 0.197 e. The van der Waals surface area contributed by atoms with Crippen LogP contribution in [0.25, 0.3) is 0 Å². The van der Waals surface area contributed by atoms with Crippen molar-refractivity contribution < 1.29 is 0 Å². The minimum absolute atomic E-state index is 0.224. The molecule has 0 heterocycles. The van der Waals surface area contributed by atoms with Crippen molar-refractivity contribution in [3.05, 3.63) is 35.4 Å². The Morgan fingerprint density at radius 3 is 2.04 bits per heavy atom. The number of aryl methyl sites for hydroxylation is 1. The smallest absolute Gasteiger partial charge is 0.0822 e. The first-order valence-electron chi connectivity index (χ1n) is 12.2. The van der Waals surface area contributed by atoms with E-state index in [9.17, 15) is 5.26 Å². The van der Waals surface area contributed by atoms with Crippen molar-refractivity contribution in [3.8, 4) is 6.07 Å².